The van der Waals surface area contributed by atoms with E-state index in [1.165, 1.54) is 0 Å². The van der Waals surface area contributed by atoms with Gasteiger partial charge < -0.3 is 10.8 Å². The minimum Gasteiger partial charge on any atom is -0.477 e. The van der Waals surface area contributed by atoms with Crippen LogP contribution in [-0.2, 0) is 4.79 Å². The molecule has 0 aliphatic rings. The van der Waals surface area contributed by atoms with Gasteiger partial charge in [-0.2, -0.15) is 8.78 Å². The van der Waals surface area contributed by atoms with E-state index in [2.05, 4.69) is 0 Å². The average molecular weight is 184 g/mol. The van der Waals surface area contributed by atoms with Gasteiger partial charge in [0.2, 0.25) is 0 Å². The number of alkyl halides is 2. The van der Waals surface area contributed by atoms with E-state index in [0.29, 0.717) is 11.8 Å². The first-order valence-electron chi connectivity index (χ1n) is 2.44. The lowest BCUT2D eigenvalue weighted by Crippen LogP contribution is -2.31. The number of rotatable bonds is 3. The van der Waals surface area contributed by atoms with Crippen molar-refractivity contribution < 1.29 is 18.7 Å². The largest absolute Gasteiger partial charge is 0.477 e. The maximum Gasteiger partial charge on any atom is 0.375 e. The molecule has 0 aromatic rings. The van der Waals surface area contributed by atoms with E-state index in [0.717, 1.165) is 0 Å². The second-order valence-corrected chi connectivity index (χ2v) is 2.68. The Morgan fingerprint density at radius 2 is 2.18 bits per heavy atom. The Hall–Kier alpha value is -0.850. The highest BCUT2D eigenvalue weighted by Gasteiger charge is 2.38. The topological polar surface area (TPSA) is 87.2 Å². The third kappa shape index (κ3) is 3.76. The number of nitrogens with two attached hydrogens (primary N) is 1. The summed E-state index contributed by atoms with van der Waals surface area (Å²) >= 11 is 0.297. The second-order valence-electron chi connectivity index (χ2n) is 1.66. The molecule has 0 unspecified atom stereocenters. The minimum absolute atomic E-state index is 0.297. The molecule has 0 saturated heterocycles. The molecule has 0 aliphatic heterocycles. The molecule has 0 amide bonds. The number of amidine groups is 1. The summed E-state index contributed by atoms with van der Waals surface area (Å²) in [5.74, 6) is -7.01. The number of thioether (sulfide) groups is 1. The predicted octanol–water partition coefficient (Wildman–Crippen LogP) is 0.333. The molecular formula is C4H6F2N2O2S. The first-order valence-corrected chi connectivity index (χ1v) is 3.43. The molecule has 0 radical (unpaired) electrons. The van der Waals surface area contributed by atoms with E-state index in [1.54, 1.807) is 0 Å². The van der Waals surface area contributed by atoms with E-state index in [4.69, 9.17) is 16.2 Å². The van der Waals surface area contributed by atoms with Crippen LogP contribution in [0.25, 0.3) is 0 Å². The predicted molar refractivity (Wildman–Crippen MR) is 37.0 cm³/mol. The van der Waals surface area contributed by atoms with Crippen molar-refractivity contribution in [2.45, 2.75) is 5.92 Å². The fourth-order valence-electron chi connectivity index (χ4n) is 0.230. The quantitative estimate of drug-likeness (QED) is 0.435. The van der Waals surface area contributed by atoms with Crippen molar-refractivity contribution >= 4 is 22.9 Å². The van der Waals surface area contributed by atoms with Gasteiger partial charge in [0, 0.05) is 0 Å². The van der Waals surface area contributed by atoms with Crippen LogP contribution in [0.2, 0.25) is 0 Å². The lowest BCUT2D eigenvalue weighted by atomic mass is 10.4. The van der Waals surface area contributed by atoms with Crippen molar-refractivity contribution in [2.24, 2.45) is 5.73 Å². The fraction of sp³-hybridized carbons (Fsp3) is 0.500. The zero-order valence-electron chi connectivity index (χ0n) is 5.30. The molecule has 0 rings (SSSR count). The van der Waals surface area contributed by atoms with Crippen molar-refractivity contribution in [2.75, 3.05) is 5.75 Å². The molecule has 64 valence electrons. The van der Waals surface area contributed by atoms with Crippen molar-refractivity contribution in [1.29, 1.82) is 5.41 Å². The minimum atomic E-state index is -3.81. The van der Waals surface area contributed by atoms with Crippen molar-refractivity contribution in [3.63, 3.8) is 0 Å². The molecule has 4 N–H and O–H groups in total. The highest BCUT2D eigenvalue weighted by molar-refractivity contribution is 8.13. The van der Waals surface area contributed by atoms with Gasteiger partial charge in [0.15, 0.2) is 5.17 Å². The van der Waals surface area contributed by atoms with Crippen LogP contribution in [0.5, 0.6) is 0 Å². The van der Waals surface area contributed by atoms with E-state index >= 15 is 0 Å². The highest BCUT2D eigenvalue weighted by atomic mass is 32.2. The molecule has 0 atom stereocenters. The third-order valence-electron chi connectivity index (χ3n) is 0.722. The van der Waals surface area contributed by atoms with Crippen molar-refractivity contribution in [3.05, 3.63) is 0 Å². The van der Waals surface area contributed by atoms with E-state index in [1.807, 2.05) is 0 Å². The van der Waals surface area contributed by atoms with Crippen LogP contribution in [-0.4, -0.2) is 27.9 Å². The first kappa shape index (κ1) is 10.2. The number of nitrogens with one attached hydrogen (secondary N) is 1. The maximum atomic E-state index is 12.1. The van der Waals surface area contributed by atoms with Crippen LogP contribution >= 0.6 is 11.8 Å². The number of halogens is 2. The van der Waals surface area contributed by atoms with Gasteiger partial charge in [-0.05, 0) is 0 Å². The molecule has 4 nitrogen and oxygen atoms in total. The fourth-order valence-corrected chi connectivity index (χ4v) is 0.690. The van der Waals surface area contributed by atoms with E-state index < -0.39 is 22.8 Å². The van der Waals surface area contributed by atoms with E-state index in [9.17, 15) is 13.6 Å². The molecular weight excluding hydrogens is 178 g/mol. The normalized spacial score (nSPS) is 11.1. The third-order valence-corrected chi connectivity index (χ3v) is 1.54. The lowest BCUT2D eigenvalue weighted by molar-refractivity contribution is -0.161. The standard InChI is InChI=1S/C4H6F2N2O2S/c5-4(6,2(9)10)1-11-3(7)8/h1H2,(H3,7,8)(H,9,10). The summed E-state index contributed by atoms with van der Waals surface area (Å²) in [7, 11) is 0. The molecule has 0 aromatic heterocycles. The van der Waals surface area contributed by atoms with Crippen LogP contribution in [0.1, 0.15) is 0 Å². The Kier molecular flexibility index (Phi) is 3.24. The van der Waals surface area contributed by atoms with Gasteiger partial charge in [0.05, 0.1) is 5.75 Å². The summed E-state index contributed by atoms with van der Waals surface area (Å²) < 4.78 is 24.3. The lowest BCUT2D eigenvalue weighted by Gasteiger charge is -2.08. The van der Waals surface area contributed by atoms with Crippen molar-refractivity contribution in [1.82, 2.24) is 0 Å². The summed E-state index contributed by atoms with van der Waals surface area (Å²) in [6.45, 7) is 0. The Morgan fingerprint density at radius 3 is 2.45 bits per heavy atom. The number of carboxylic acid groups (broad SMARTS) is 1. The average Bonchev–Trinajstić information content (AvgIpc) is 1.84. The molecule has 7 heteroatoms. The van der Waals surface area contributed by atoms with Crippen molar-refractivity contribution in [3.8, 4) is 0 Å². The Labute approximate surface area is 65.3 Å². The zero-order chi connectivity index (χ0) is 9.07. The van der Waals surface area contributed by atoms with Gasteiger partial charge in [-0.1, -0.05) is 11.8 Å². The van der Waals surface area contributed by atoms with E-state index in [-0.39, 0.29) is 0 Å². The molecule has 0 bridgehead atoms. The summed E-state index contributed by atoms with van der Waals surface area (Å²) in [5.41, 5.74) is 4.72. The molecule has 0 aromatic carbocycles. The van der Waals surface area contributed by atoms with Gasteiger partial charge in [-0.3, -0.25) is 5.41 Å². The summed E-state index contributed by atoms with van der Waals surface area (Å²) in [6, 6.07) is 0. The highest BCUT2D eigenvalue weighted by Crippen LogP contribution is 2.19. The number of carboxylic acids is 1. The maximum absolute atomic E-state index is 12.1. The van der Waals surface area contributed by atoms with Crippen LogP contribution in [0.3, 0.4) is 0 Å². The summed E-state index contributed by atoms with van der Waals surface area (Å²) in [6.07, 6.45) is 0. The van der Waals surface area contributed by atoms with Gasteiger partial charge in [-0.25, -0.2) is 4.79 Å². The SMILES string of the molecule is N=C(N)SCC(F)(F)C(=O)O. The molecule has 0 saturated carbocycles. The number of carbonyl (C=O) groups is 1. The van der Waals surface area contributed by atoms with Gasteiger partial charge in [-0.15, -0.1) is 0 Å². The second kappa shape index (κ2) is 3.51. The van der Waals surface area contributed by atoms with Crippen LogP contribution in [0.15, 0.2) is 0 Å². The van der Waals surface area contributed by atoms with Crippen LogP contribution in [0, 0.1) is 5.41 Å². The Balaban J connectivity index is 3.92. The molecule has 0 fully saturated rings. The van der Waals surface area contributed by atoms with Crippen LogP contribution in [0.4, 0.5) is 8.78 Å². The molecule has 0 aliphatic carbocycles. The van der Waals surface area contributed by atoms with Gasteiger partial charge in [0.25, 0.3) is 0 Å². The molecule has 11 heavy (non-hydrogen) atoms. The first-order chi connectivity index (χ1) is 4.86. The van der Waals surface area contributed by atoms with Gasteiger partial charge >= 0.3 is 11.9 Å². The Bertz CT molecular complexity index is 185. The smallest absolute Gasteiger partial charge is 0.375 e. The summed E-state index contributed by atoms with van der Waals surface area (Å²) in [5, 5.41) is 13.9. The van der Waals surface area contributed by atoms with Gasteiger partial charge in [0.1, 0.15) is 0 Å². The number of hydrogen-bond acceptors (Lipinski definition) is 3. The van der Waals surface area contributed by atoms with Crippen LogP contribution < -0.4 is 5.73 Å². The monoisotopic (exact) mass is 184 g/mol. The zero-order valence-corrected chi connectivity index (χ0v) is 6.12. The Morgan fingerprint density at radius 1 is 1.73 bits per heavy atom. The summed E-state index contributed by atoms with van der Waals surface area (Å²) in [4.78, 5) is 9.76. The number of hydrogen-bond donors (Lipinski definition) is 3. The molecule has 0 heterocycles. The molecule has 0 spiro atoms. The number of aliphatic carboxylic acids is 1.